The van der Waals surface area contributed by atoms with Crippen LogP contribution in [0.25, 0.3) is 10.9 Å². The van der Waals surface area contributed by atoms with E-state index in [0.29, 0.717) is 60.3 Å². The van der Waals surface area contributed by atoms with Crippen LogP contribution in [0.4, 0.5) is 10.5 Å². The molecule has 10 heteroatoms. The highest BCUT2D eigenvalue weighted by Crippen LogP contribution is 2.31. The number of pyridine rings is 1. The molecule has 2 aromatic carbocycles. The van der Waals surface area contributed by atoms with Crippen LogP contribution in [-0.4, -0.2) is 81.5 Å². The normalized spacial score (nSPS) is 13.9. The zero-order valence-corrected chi connectivity index (χ0v) is 20.8. The molecule has 10 nitrogen and oxygen atoms in total. The van der Waals surface area contributed by atoms with Crippen molar-refractivity contribution in [1.29, 1.82) is 0 Å². The number of ether oxygens (including phenoxy) is 4. The molecule has 2 N–H and O–H groups in total. The molecule has 0 radical (unpaired) electrons. The highest BCUT2D eigenvalue weighted by molar-refractivity contribution is 5.91. The summed E-state index contributed by atoms with van der Waals surface area (Å²) in [5, 5.41) is 3.71. The van der Waals surface area contributed by atoms with Gasteiger partial charge in [0.1, 0.15) is 5.75 Å². The predicted octanol–water partition coefficient (Wildman–Crippen LogP) is 2.92. The van der Waals surface area contributed by atoms with E-state index in [2.05, 4.69) is 15.2 Å². The summed E-state index contributed by atoms with van der Waals surface area (Å²) in [4.78, 5) is 33.1. The lowest BCUT2D eigenvalue weighted by Gasteiger charge is -2.30. The van der Waals surface area contributed by atoms with Gasteiger partial charge >= 0.3 is 6.03 Å². The van der Waals surface area contributed by atoms with Crippen LogP contribution in [0.15, 0.2) is 47.3 Å². The molecule has 36 heavy (non-hydrogen) atoms. The third-order valence-electron chi connectivity index (χ3n) is 6.21. The van der Waals surface area contributed by atoms with E-state index in [-0.39, 0.29) is 18.1 Å². The maximum absolute atomic E-state index is 13.4. The molecule has 1 aliphatic rings. The van der Waals surface area contributed by atoms with Gasteiger partial charge in [-0.1, -0.05) is 12.1 Å². The zero-order valence-electron chi connectivity index (χ0n) is 20.8. The number of carbonyl (C=O) groups excluding carboxylic acids is 1. The van der Waals surface area contributed by atoms with E-state index in [4.69, 9.17) is 18.9 Å². The number of anilines is 1. The lowest BCUT2D eigenvalue weighted by molar-refractivity contribution is 0.0349. The Morgan fingerprint density at radius 2 is 1.72 bits per heavy atom. The van der Waals surface area contributed by atoms with Crippen molar-refractivity contribution in [2.75, 3.05) is 66.0 Å². The van der Waals surface area contributed by atoms with Crippen molar-refractivity contribution >= 4 is 22.6 Å². The monoisotopic (exact) mass is 496 g/mol. The maximum Gasteiger partial charge on any atom is 0.322 e. The first-order valence-corrected chi connectivity index (χ1v) is 11.8. The van der Waals surface area contributed by atoms with Crippen LogP contribution >= 0.6 is 0 Å². The summed E-state index contributed by atoms with van der Waals surface area (Å²) >= 11 is 0. The van der Waals surface area contributed by atoms with Gasteiger partial charge in [-0.3, -0.25) is 9.69 Å². The molecule has 0 unspecified atom stereocenters. The number of benzene rings is 2. The number of para-hydroxylation sites is 2. The molecule has 0 spiro atoms. The number of morpholine rings is 1. The number of hydrogen-bond donors (Lipinski definition) is 2. The number of methoxy groups -OCH3 is 3. The second-order valence-electron chi connectivity index (χ2n) is 8.42. The summed E-state index contributed by atoms with van der Waals surface area (Å²) in [5.74, 6) is 1.64. The van der Waals surface area contributed by atoms with Crippen molar-refractivity contribution in [3.05, 3.63) is 58.4 Å². The van der Waals surface area contributed by atoms with E-state index in [0.717, 1.165) is 18.5 Å². The Morgan fingerprint density at radius 1 is 1.03 bits per heavy atom. The molecule has 192 valence electrons. The van der Waals surface area contributed by atoms with Crippen LogP contribution in [-0.2, 0) is 11.3 Å². The Morgan fingerprint density at radius 3 is 2.44 bits per heavy atom. The van der Waals surface area contributed by atoms with Gasteiger partial charge in [0.25, 0.3) is 5.56 Å². The highest BCUT2D eigenvalue weighted by Gasteiger charge is 2.20. The van der Waals surface area contributed by atoms with E-state index in [1.54, 1.807) is 56.6 Å². The molecule has 0 saturated carbocycles. The molecule has 1 aromatic heterocycles. The summed E-state index contributed by atoms with van der Waals surface area (Å²) in [7, 11) is 4.66. The molecule has 4 rings (SSSR count). The molecule has 0 atom stereocenters. The van der Waals surface area contributed by atoms with E-state index in [1.165, 1.54) is 0 Å². The molecule has 3 aromatic rings. The molecular formula is C26H32N4O6. The van der Waals surface area contributed by atoms with Crippen molar-refractivity contribution in [3.8, 4) is 17.2 Å². The number of urea groups is 1. The van der Waals surface area contributed by atoms with Crippen LogP contribution in [0, 0.1) is 0 Å². The van der Waals surface area contributed by atoms with Gasteiger partial charge in [-0.05, 0) is 24.3 Å². The number of nitrogens with one attached hydrogen (secondary N) is 2. The predicted molar refractivity (Wildman–Crippen MR) is 137 cm³/mol. The number of aromatic amines is 1. The van der Waals surface area contributed by atoms with Gasteiger partial charge in [0.2, 0.25) is 0 Å². The minimum atomic E-state index is -0.320. The smallest absolute Gasteiger partial charge is 0.322 e. The first kappa shape index (κ1) is 25.3. The molecule has 2 amide bonds. The van der Waals surface area contributed by atoms with Gasteiger partial charge in [-0.15, -0.1) is 0 Å². The number of fused-ring (bicyclic) bond motifs is 1. The fourth-order valence-electron chi connectivity index (χ4n) is 4.18. The van der Waals surface area contributed by atoms with Gasteiger partial charge in [-0.2, -0.15) is 0 Å². The summed E-state index contributed by atoms with van der Waals surface area (Å²) in [6.45, 7) is 4.18. The second kappa shape index (κ2) is 11.8. The van der Waals surface area contributed by atoms with E-state index in [9.17, 15) is 9.59 Å². The Labute approximate surface area is 209 Å². The van der Waals surface area contributed by atoms with Gasteiger partial charge in [0.15, 0.2) is 11.5 Å². The van der Waals surface area contributed by atoms with Crippen molar-refractivity contribution in [2.45, 2.75) is 6.54 Å². The summed E-state index contributed by atoms with van der Waals surface area (Å²) in [6, 6.07) is 12.2. The summed E-state index contributed by atoms with van der Waals surface area (Å²) < 4.78 is 21.6. The maximum atomic E-state index is 13.4. The number of carbonyl (C=O) groups is 1. The van der Waals surface area contributed by atoms with Crippen LogP contribution in [0.2, 0.25) is 0 Å². The third-order valence-corrected chi connectivity index (χ3v) is 6.21. The number of amides is 2. The van der Waals surface area contributed by atoms with Gasteiger partial charge < -0.3 is 34.1 Å². The number of aromatic nitrogens is 1. The third kappa shape index (κ3) is 5.89. The lowest BCUT2D eigenvalue weighted by Crippen LogP contribution is -2.44. The van der Waals surface area contributed by atoms with Crippen LogP contribution in [0.1, 0.15) is 5.56 Å². The van der Waals surface area contributed by atoms with Gasteiger partial charge in [0, 0.05) is 43.2 Å². The van der Waals surface area contributed by atoms with Crippen LogP contribution in [0.5, 0.6) is 17.2 Å². The zero-order chi connectivity index (χ0) is 25.5. The molecule has 0 aliphatic carbocycles. The van der Waals surface area contributed by atoms with Crippen molar-refractivity contribution in [3.63, 3.8) is 0 Å². The quantitative estimate of drug-likeness (QED) is 0.469. The number of H-pyrrole nitrogens is 1. The standard InChI is InChI=1S/C26H32N4O6/c1-33-22-7-5-4-6-20(22)28-26(32)30(9-8-29-10-12-36-13-11-29)17-19-14-18-15-23(34-2)24(35-3)16-21(18)27-25(19)31/h4-7,14-16H,8-13,17H2,1-3H3,(H,27,31)(H,28,32). The Balaban J connectivity index is 1.61. The Kier molecular flexibility index (Phi) is 8.29. The van der Waals surface area contributed by atoms with Crippen molar-refractivity contribution in [1.82, 2.24) is 14.8 Å². The number of nitrogens with zero attached hydrogens (tertiary/aromatic N) is 2. The fourth-order valence-corrected chi connectivity index (χ4v) is 4.18. The summed E-state index contributed by atoms with van der Waals surface area (Å²) in [5.41, 5.74) is 1.38. The van der Waals surface area contributed by atoms with Gasteiger partial charge in [0.05, 0.1) is 52.3 Å². The van der Waals surface area contributed by atoms with Crippen molar-refractivity contribution in [2.24, 2.45) is 0 Å². The van der Waals surface area contributed by atoms with E-state index in [1.807, 2.05) is 12.1 Å². The molecule has 0 bridgehead atoms. The number of hydrogen-bond acceptors (Lipinski definition) is 7. The Hall–Kier alpha value is -3.76. The van der Waals surface area contributed by atoms with E-state index < -0.39 is 0 Å². The van der Waals surface area contributed by atoms with E-state index >= 15 is 0 Å². The van der Waals surface area contributed by atoms with Crippen molar-refractivity contribution < 1.29 is 23.7 Å². The summed E-state index contributed by atoms with van der Waals surface area (Å²) in [6.07, 6.45) is 0. The first-order chi connectivity index (χ1) is 17.5. The molecule has 1 aliphatic heterocycles. The molecule has 1 saturated heterocycles. The minimum absolute atomic E-state index is 0.130. The first-order valence-electron chi connectivity index (χ1n) is 11.8. The molecule has 1 fully saturated rings. The largest absolute Gasteiger partial charge is 0.495 e. The van der Waals surface area contributed by atoms with Crippen LogP contribution in [0.3, 0.4) is 0 Å². The molecule has 2 heterocycles. The minimum Gasteiger partial charge on any atom is -0.495 e. The lowest BCUT2D eigenvalue weighted by atomic mass is 10.1. The number of rotatable bonds is 9. The average molecular weight is 497 g/mol. The topological polar surface area (TPSA) is 105 Å². The van der Waals surface area contributed by atoms with Gasteiger partial charge in [-0.25, -0.2) is 4.79 Å². The van der Waals surface area contributed by atoms with Crippen LogP contribution < -0.4 is 25.1 Å². The SMILES string of the molecule is COc1ccccc1NC(=O)N(CCN1CCOCC1)Cc1cc2cc(OC)c(OC)cc2[nH]c1=O. The second-order valence-corrected chi connectivity index (χ2v) is 8.42. The Bertz CT molecular complexity index is 1250. The molecular weight excluding hydrogens is 464 g/mol. The average Bonchev–Trinajstić information content (AvgIpc) is 2.91. The highest BCUT2D eigenvalue weighted by atomic mass is 16.5. The fraction of sp³-hybridized carbons (Fsp3) is 0.385.